The van der Waals surface area contributed by atoms with Crippen molar-refractivity contribution in [2.45, 2.75) is 32.2 Å². The molecule has 1 aliphatic heterocycles. The Hall–Kier alpha value is -2.74. The van der Waals surface area contributed by atoms with Crippen molar-refractivity contribution in [3.05, 3.63) is 65.5 Å². The van der Waals surface area contributed by atoms with Gasteiger partial charge in [0.05, 0.1) is 18.0 Å². The number of hydrazone groups is 1. The number of hydrogen-bond donors (Lipinski definition) is 1. The van der Waals surface area contributed by atoms with Gasteiger partial charge in [0, 0.05) is 18.5 Å². The number of nitrogens with one attached hydrogen (secondary N) is 1. The van der Waals surface area contributed by atoms with E-state index in [4.69, 9.17) is 0 Å². The van der Waals surface area contributed by atoms with Crippen LogP contribution in [0.15, 0.2) is 53.6 Å². The van der Waals surface area contributed by atoms with Crippen LogP contribution in [0.2, 0.25) is 0 Å². The third-order valence-electron chi connectivity index (χ3n) is 4.36. The monoisotopic (exact) mass is 403 g/mol. The highest BCUT2D eigenvalue weighted by molar-refractivity contribution is 7.92. The third-order valence-corrected chi connectivity index (χ3v) is 4.97. The number of benzene rings is 2. The molecule has 3 rings (SSSR count). The second-order valence-corrected chi connectivity index (χ2v) is 8.51. The highest BCUT2D eigenvalue weighted by atomic mass is 32.2. The van der Waals surface area contributed by atoms with Gasteiger partial charge in [-0.1, -0.05) is 31.2 Å². The van der Waals surface area contributed by atoms with Crippen LogP contribution in [0.5, 0.6) is 0 Å². The maximum Gasteiger partial charge on any atom is 0.243 e. The Morgan fingerprint density at radius 2 is 2.00 bits per heavy atom. The lowest BCUT2D eigenvalue weighted by molar-refractivity contribution is -0.133. The molecule has 148 valence electrons. The van der Waals surface area contributed by atoms with Crippen molar-refractivity contribution in [2.75, 3.05) is 11.0 Å². The molecule has 2 aromatic carbocycles. The van der Waals surface area contributed by atoms with Crippen LogP contribution in [-0.2, 0) is 14.8 Å². The van der Waals surface area contributed by atoms with E-state index in [1.165, 1.54) is 17.1 Å². The molecule has 0 saturated heterocycles. The van der Waals surface area contributed by atoms with Gasteiger partial charge in [-0.05, 0) is 41.8 Å². The molecule has 0 aliphatic carbocycles. The molecule has 8 heteroatoms. The van der Waals surface area contributed by atoms with Crippen LogP contribution < -0.4 is 4.72 Å². The van der Waals surface area contributed by atoms with E-state index >= 15 is 0 Å². The van der Waals surface area contributed by atoms with Crippen LogP contribution in [0, 0.1) is 5.82 Å². The van der Waals surface area contributed by atoms with E-state index in [0.29, 0.717) is 41.8 Å². The van der Waals surface area contributed by atoms with E-state index in [1.807, 2.05) is 13.0 Å². The van der Waals surface area contributed by atoms with E-state index in [0.717, 1.165) is 6.26 Å². The lowest BCUT2D eigenvalue weighted by atomic mass is 9.98. The number of carbonyl (C=O) groups is 1. The topological polar surface area (TPSA) is 78.8 Å². The summed E-state index contributed by atoms with van der Waals surface area (Å²) >= 11 is 0. The first kappa shape index (κ1) is 20.0. The SMILES string of the molecule is CCCC(=O)N1N=C(c2cccc(NS(C)(=O)=O)c2)CC1c1cccc(F)c1. The summed E-state index contributed by atoms with van der Waals surface area (Å²) in [6.07, 6.45) is 2.53. The van der Waals surface area contributed by atoms with E-state index in [-0.39, 0.29) is 11.7 Å². The molecule has 0 spiro atoms. The van der Waals surface area contributed by atoms with Gasteiger partial charge in [-0.3, -0.25) is 9.52 Å². The van der Waals surface area contributed by atoms with Crippen LogP contribution >= 0.6 is 0 Å². The van der Waals surface area contributed by atoms with Crippen molar-refractivity contribution in [1.29, 1.82) is 0 Å². The maximum atomic E-state index is 13.7. The van der Waals surface area contributed by atoms with Gasteiger partial charge in [0.25, 0.3) is 0 Å². The standard InChI is InChI=1S/C20H22FN3O3S/c1-3-6-20(25)24-19(15-8-4-9-16(21)11-15)13-18(22-24)14-7-5-10-17(12-14)23-28(2,26)27/h4-5,7-12,19,23H,3,6,13H2,1-2H3. The largest absolute Gasteiger partial charge is 0.284 e. The highest BCUT2D eigenvalue weighted by Crippen LogP contribution is 2.34. The van der Waals surface area contributed by atoms with E-state index in [2.05, 4.69) is 9.82 Å². The molecule has 0 aromatic heterocycles. The first-order valence-corrected chi connectivity index (χ1v) is 10.9. The molecule has 0 fully saturated rings. The Morgan fingerprint density at radius 3 is 2.68 bits per heavy atom. The van der Waals surface area contributed by atoms with Crippen molar-refractivity contribution < 1.29 is 17.6 Å². The van der Waals surface area contributed by atoms with Crippen molar-refractivity contribution in [3.63, 3.8) is 0 Å². The fourth-order valence-corrected chi connectivity index (χ4v) is 3.75. The second kappa shape index (κ2) is 8.10. The average Bonchev–Trinajstić information content (AvgIpc) is 3.06. The molecule has 1 heterocycles. The minimum Gasteiger partial charge on any atom is -0.284 e. The van der Waals surface area contributed by atoms with Crippen molar-refractivity contribution in [3.8, 4) is 0 Å². The number of sulfonamides is 1. The summed E-state index contributed by atoms with van der Waals surface area (Å²) in [6.45, 7) is 1.91. The van der Waals surface area contributed by atoms with E-state index in [9.17, 15) is 17.6 Å². The molecular formula is C20H22FN3O3S. The van der Waals surface area contributed by atoms with Gasteiger partial charge in [0.15, 0.2) is 0 Å². The summed E-state index contributed by atoms with van der Waals surface area (Å²) in [5.74, 6) is -0.495. The molecule has 1 atom stereocenters. The first-order chi connectivity index (χ1) is 13.3. The van der Waals surface area contributed by atoms with Gasteiger partial charge >= 0.3 is 0 Å². The van der Waals surface area contributed by atoms with Gasteiger partial charge in [-0.15, -0.1) is 0 Å². The molecule has 28 heavy (non-hydrogen) atoms. The van der Waals surface area contributed by atoms with Gasteiger partial charge in [0.2, 0.25) is 15.9 Å². The maximum absolute atomic E-state index is 13.7. The lowest BCUT2D eigenvalue weighted by Crippen LogP contribution is -2.26. The third kappa shape index (κ3) is 4.75. The molecule has 1 unspecified atom stereocenters. The molecule has 6 nitrogen and oxygen atoms in total. The van der Waals surface area contributed by atoms with E-state index in [1.54, 1.807) is 30.3 Å². The second-order valence-electron chi connectivity index (χ2n) is 6.76. The number of rotatable bonds is 6. The van der Waals surface area contributed by atoms with Gasteiger partial charge in [-0.2, -0.15) is 5.10 Å². The summed E-state index contributed by atoms with van der Waals surface area (Å²) < 4.78 is 39.1. The van der Waals surface area contributed by atoms with Crippen LogP contribution in [-0.4, -0.2) is 31.3 Å². The van der Waals surface area contributed by atoms with Crippen molar-refractivity contribution in [2.24, 2.45) is 5.10 Å². The molecule has 0 bridgehead atoms. The molecule has 0 saturated carbocycles. The molecule has 1 aliphatic rings. The Morgan fingerprint density at radius 1 is 1.25 bits per heavy atom. The fourth-order valence-electron chi connectivity index (χ4n) is 3.19. The number of carbonyl (C=O) groups excluding carboxylic acids is 1. The smallest absolute Gasteiger partial charge is 0.243 e. The lowest BCUT2D eigenvalue weighted by Gasteiger charge is -2.22. The molecule has 1 N–H and O–H groups in total. The summed E-state index contributed by atoms with van der Waals surface area (Å²) in [5, 5.41) is 5.92. The summed E-state index contributed by atoms with van der Waals surface area (Å²) in [4.78, 5) is 12.6. The zero-order valence-corrected chi connectivity index (χ0v) is 16.5. The molecule has 2 aromatic rings. The van der Waals surface area contributed by atoms with Crippen molar-refractivity contribution in [1.82, 2.24) is 5.01 Å². The number of halogens is 1. The number of anilines is 1. The minimum atomic E-state index is -3.40. The number of amides is 1. The summed E-state index contributed by atoms with van der Waals surface area (Å²) in [7, 11) is -3.40. The molecule has 1 amide bonds. The average molecular weight is 403 g/mol. The van der Waals surface area contributed by atoms with Crippen LogP contribution in [0.4, 0.5) is 10.1 Å². The van der Waals surface area contributed by atoms with E-state index < -0.39 is 16.1 Å². The Balaban J connectivity index is 1.95. The predicted octanol–water partition coefficient (Wildman–Crippen LogP) is 3.68. The number of nitrogens with zero attached hydrogens (tertiary/aromatic N) is 2. The van der Waals surface area contributed by atoms with Crippen LogP contribution in [0.1, 0.15) is 43.4 Å². The Kier molecular flexibility index (Phi) is 5.79. The van der Waals surface area contributed by atoms with Gasteiger partial charge < -0.3 is 0 Å². The van der Waals surface area contributed by atoms with Gasteiger partial charge in [0.1, 0.15) is 5.82 Å². The quantitative estimate of drug-likeness (QED) is 0.799. The zero-order chi connectivity index (χ0) is 20.3. The minimum absolute atomic E-state index is 0.128. The van der Waals surface area contributed by atoms with Crippen LogP contribution in [0.3, 0.4) is 0 Å². The Bertz CT molecular complexity index is 1020. The normalized spacial score (nSPS) is 16.8. The van der Waals surface area contributed by atoms with Gasteiger partial charge in [-0.25, -0.2) is 17.8 Å². The number of hydrogen-bond acceptors (Lipinski definition) is 4. The van der Waals surface area contributed by atoms with Crippen molar-refractivity contribution >= 4 is 27.3 Å². The van der Waals surface area contributed by atoms with Crippen LogP contribution in [0.25, 0.3) is 0 Å². The zero-order valence-electron chi connectivity index (χ0n) is 15.7. The summed E-state index contributed by atoms with van der Waals surface area (Å²) in [6, 6.07) is 12.6. The highest BCUT2D eigenvalue weighted by Gasteiger charge is 2.32. The predicted molar refractivity (Wildman–Crippen MR) is 107 cm³/mol. The fraction of sp³-hybridized carbons (Fsp3) is 0.300. The summed E-state index contributed by atoms with van der Waals surface area (Å²) in [5.41, 5.74) is 2.45. The molecular weight excluding hydrogens is 381 g/mol. The Labute approximate surface area is 164 Å². The molecule has 0 radical (unpaired) electrons. The first-order valence-electron chi connectivity index (χ1n) is 9.00.